The maximum atomic E-state index is 12.4. The molecule has 2 rings (SSSR count). The molecule has 1 fully saturated rings. The molecular weight excluding hydrogens is 392 g/mol. The molecule has 1 saturated carbocycles. The van der Waals surface area contributed by atoms with Crippen molar-refractivity contribution in [3.05, 3.63) is 29.3 Å². The van der Waals surface area contributed by atoms with Crippen LogP contribution in [-0.4, -0.2) is 39.0 Å². The zero-order valence-corrected chi connectivity index (χ0v) is 18.6. The molecule has 0 heterocycles. The van der Waals surface area contributed by atoms with Gasteiger partial charge in [0, 0.05) is 6.04 Å². The SMILES string of the molecule is Cc1ccc(S(=O)(=O)NCC(=O)O[C@@H](C)C(=O)N[C@H]2CCC[C@@H](C)[C@@H]2C)cc1C. The molecule has 29 heavy (non-hydrogen) atoms. The van der Waals surface area contributed by atoms with Gasteiger partial charge < -0.3 is 10.1 Å². The minimum absolute atomic E-state index is 0.0654. The highest BCUT2D eigenvalue weighted by Crippen LogP contribution is 2.29. The summed E-state index contributed by atoms with van der Waals surface area (Å²) in [5, 5.41) is 2.96. The van der Waals surface area contributed by atoms with Gasteiger partial charge in [-0.15, -0.1) is 0 Å². The van der Waals surface area contributed by atoms with E-state index in [0.29, 0.717) is 11.8 Å². The molecule has 1 aliphatic rings. The lowest BCUT2D eigenvalue weighted by molar-refractivity contribution is -0.154. The summed E-state index contributed by atoms with van der Waals surface area (Å²) >= 11 is 0. The van der Waals surface area contributed by atoms with E-state index in [-0.39, 0.29) is 16.8 Å². The van der Waals surface area contributed by atoms with Crippen LogP contribution < -0.4 is 10.0 Å². The Morgan fingerprint density at radius 3 is 2.52 bits per heavy atom. The van der Waals surface area contributed by atoms with E-state index in [1.165, 1.54) is 13.0 Å². The molecule has 0 radical (unpaired) electrons. The molecular formula is C21H32N2O5S. The third-order valence-corrected chi connectivity index (χ3v) is 7.31. The van der Waals surface area contributed by atoms with Crippen molar-refractivity contribution in [1.29, 1.82) is 0 Å². The highest BCUT2D eigenvalue weighted by atomic mass is 32.2. The Bertz CT molecular complexity index is 853. The summed E-state index contributed by atoms with van der Waals surface area (Å²) in [6, 6.07) is 4.81. The van der Waals surface area contributed by atoms with E-state index in [2.05, 4.69) is 23.9 Å². The van der Waals surface area contributed by atoms with E-state index in [1.54, 1.807) is 12.1 Å². The molecule has 162 valence electrons. The largest absolute Gasteiger partial charge is 0.452 e. The van der Waals surface area contributed by atoms with Crippen molar-refractivity contribution in [1.82, 2.24) is 10.0 Å². The van der Waals surface area contributed by atoms with Crippen molar-refractivity contribution < 1.29 is 22.7 Å². The van der Waals surface area contributed by atoms with Crippen molar-refractivity contribution in [2.75, 3.05) is 6.54 Å². The topological polar surface area (TPSA) is 102 Å². The van der Waals surface area contributed by atoms with Crippen LogP contribution in [0.25, 0.3) is 0 Å². The van der Waals surface area contributed by atoms with Gasteiger partial charge in [0.2, 0.25) is 10.0 Å². The lowest BCUT2D eigenvalue weighted by Gasteiger charge is -2.35. The fraction of sp³-hybridized carbons (Fsp3) is 0.619. The van der Waals surface area contributed by atoms with Crippen LogP contribution in [0.3, 0.4) is 0 Å². The smallest absolute Gasteiger partial charge is 0.321 e. The second-order valence-corrected chi connectivity index (χ2v) is 9.85. The number of esters is 1. The molecule has 0 saturated heterocycles. The summed E-state index contributed by atoms with van der Waals surface area (Å²) in [7, 11) is -3.84. The Kier molecular flexibility index (Phi) is 7.82. The van der Waals surface area contributed by atoms with Crippen LogP contribution in [0.2, 0.25) is 0 Å². The highest BCUT2D eigenvalue weighted by Gasteiger charge is 2.30. The van der Waals surface area contributed by atoms with Gasteiger partial charge in [-0.3, -0.25) is 9.59 Å². The van der Waals surface area contributed by atoms with E-state index in [0.717, 1.165) is 30.4 Å². The summed E-state index contributed by atoms with van der Waals surface area (Å²) in [6.45, 7) is 8.95. The summed E-state index contributed by atoms with van der Waals surface area (Å²) in [6.07, 6.45) is 2.13. The maximum absolute atomic E-state index is 12.4. The van der Waals surface area contributed by atoms with Crippen LogP contribution >= 0.6 is 0 Å². The number of hydrogen-bond acceptors (Lipinski definition) is 5. The summed E-state index contributed by atoms with van der Waals surface area (Å²) < 4.78 is 32.0. The van der Waals surface area contributed by atoms with E-state index >= 15 is 0 Å². The van der Waals surface area contributed by atoms with E-state index in [4.69, 9.17) is 4.74 Å². The second kappa shape index (κ2) is 9.71. The Morgan fingerprint density at radius 2 is 1.86 bits per heavy atom. The van der Waals surface area contributed by atoms with Gasteiger partial charge in [0.15, 0.2) is 6.10 Å². The molecule has 2 N–H and O–H groups in total. The first kappa shape index (κ1) is 23.3. The van der Waals surface area contributed by atoms with Crippen molar-refractivity contribution in [2.24, 2.45) is 11.8 Å². The molecule has 0 aliphatic heterocycles. The molecule has 4 atom stereocenters. The van der Waals surface area contributed by atoms with Gasteiger partial charge in [-0.25, -0.2) is 8.42 Å². The fourth-order valence-corrected chi connectivity index (χ4v) is 4.55. The van der Waals surface area contributed by atoms with Crippen LogP contribution in [0.5, 0.6) is 0 Å². The molecule has 0 bridgehead atoms. The van der Waals surface area contributed by atoms with Crippen LogP contribution in [0, 0.1) is 25.7 Å². The summed E-state index contributed by atoms with van der Waals surface area (Å²) in [4.78, 5) is 24.5. The van der Waals surface area contributed by atoms with Gasteiger partial charge in [-0.05, 0) is 62.3 Å². The number of aryl methyl sites for hydroxylation is 2. The molecule has 0 spiro atoms. The number of benzene rings is 1. The Morgan fingerprint density at radius 1 is 1.17 bits per heavy atom. The molecule has 0 unspecified atom stereocenters. The molecule has 1 aliphatic carbocycles. The molecule has 7 nitrogen and oxygen atoms in total. The van der Waals surface area contributed by atoms with Gasteiger partial charge in [-0.2, -0.15) is 4.72 Å². The third kappa shape index (κ3) is 6.27. The zero-order chi connectivity index (χ0) is 21.8. The number of amides is 1. The summed E-state index contributed by atoms with van der Waals surface area (Å²) in [5.41, 5.74) is 1.82. The Hall–Kier alpha value is -1.93. The number of carbonyl (C=O) groups is 2. The van der Waals surface area contributed by atoms with Gasteiger partial charge in [0.25, 0.3) is 5.91 Å². The molecule has 0 aromatic heterocycles. The molecule has 8 heteroatoms. The van der Waals surface area contributed by atoms with Crippen molar-refractivity contribution in [3.8, 4) is 0 Å². The summed E-state index contributed by atoms with van der Waals surface area (Å²) in [5.74, 6) is -0.265. The highest BCUT2D eigenvalue weighted by molar-refractivity contribution is 7.89. The van der Waals surface area contributed by atoms with Crippen molar-refractivity contribution in [2.45, 2.75) is 70.9 Å². The van der Waals surface area contributed by atoms with Gasteiger partial charge in [0.1, 0.15) is 6.54 Å². The lowest BCUT2D eigenvalue weighted by atomic mass is 9.78. The van der Waals surface area contributed by atoms with Gasteiger partial charge in [0.05, 0.1) is 4.90 Å². The number of rotatable bonds is 7. The average molecular weight is 425 g/mol. The van der Waals surface area contributed by atoms with Gasteiger partial charge in [-0.1, -0.05) is 32.8 Å². The fourth-order valence-electron chi connectivity index (χ4n) is 3.50. The van der Waals surface area contributed by atoms with Crippen LogP contribution in [-0.2, 0) is 24.3 Å². The minimum Gasteiger partial charge on any atom is -0.452 e. The standard InChI is InChI=1S/C21H32N2O5S/c1-13-9-10-18(11-15(13)3)29(26,27)22-12-20(24)28-17(5)21(25)23-19-8-6-7-14(2)16(19)4/h9-11,14,16-17,19,22H,6-8,12H2,1-5H3,(H,23,25)/t14-,16+,17+,19+/m1/s1. The van der Waals surface area contributed by atoms with Crippen LogP contribution in [0.15, 0.2) is 23.1 Å². The first-order valence-corrected chi connectivity index (χ1v) is 11.6. The van der Waals surface area contributed by atoms with E-state index in [1.807, 2.05) is 13.8 Å². The first-order valence-electron chi connectivity index (χ1n) is 10.1. The number of nitrogens with one attached hydrogen (secondary N) is 2. The van der Waals surface area contributed by atoms with Crippen LogP contribution in [0.4, 0.5) is 0 Å². The predicted molar refractivity (Wildman–Crippen MR) is 111 cm³/mol. The van der Waals surface area contributed by atoms with Crippen LogP contribution in [0.1, 0.15) is 51.2 Å². The number of hydrogen-bond donors (Lipinski definition) is 2. The van der Waals surface area contributed by atoms with Crippen molar-refractivity contribution >= 4 is 21.9 Å². The number of ether oxygens (including phenoxy) is 1. The average Bonchev–Trinajstić information content (AvgIpc) is 2.66. The first-order chi connectivity index (χ1) is 13.5. The van der Waals surface area contributed by atoms with E-state index in [9.17, 15) is 18.0 Å². The van der Waals surface area contributed by atoms with E-state index < -0.39 is 28.6 Å². The van der Waals surface area contributed by atoms with Crippen molar-refractivity contribution in [3.63, 3.8) is 0 Å². The lowest BCUT2D eigenvalue weighted by Crippen LogP contribution is -2.48. The predicted octanol–water partition coefficient (Wildman–Crippen LogP) is 2.45. The molecule has 1 aromatic rings. The Labute approximate surface area is 173 Å². The molecule has 1 amide bonds. The minimum atomic E-state index is -3.84. The molecule has 1 aromatic carbocycles. The monoisotopic (exact) mass is 424 g/mol. The normalized spacial score (nSPS) is 23.3. The Balaban J connectivity index is 1.86. The second-order valence-electron chi connectivity index (χ2n) is 8.09. The third-order valence-electron chi connectivity index (χ3n) is 5.91. The maximum Gasteiger partial charge on any atom is 0.321 e. The number of carbonyl (C=O) groups excluding carboxylic acids is 2. The van der Waals surface area contributed by atoms with Gasteiger partial charge >= 0.3 is 5.97 Å². The zero-order valence-electron chi connectivity index (χ0n) is 17.8. The number of sulfonamides is 1. The quantitative estimate of drug-likeness (QED) is 0.655.